The van der Waals surface area contributed by atoms with Crippen molar-refractivity contribution in [2.45, 2.75) is 45.4 Å². The van der Waals surface area contributed by atoms with Gasteiger partial charge in [0.25, 0.3) is 0 Å². The van der Waals surface area contributed by atoms with Gasteiger partial charge in [-0.15, -0.1) is 0 Å². The minimum atomic E-state index is -0.405. The van der Waals surface area contributed by atoms with Crippen LogP contribution in [0.3, 0.4) is 0 Å². The first kappa shape index (κ1) is 17.5. The highest BCUT2D eigenvalue weighted by atomic mass is 16.3. The molecule has 4 nitrogen and oxygen atoms in total. The molecule has 0 amide bonds. The molecule has 0 saturated heterocycles. The van der Waals surface area contributed by atoms with E-state index in [0.717, 1.165) is 30.4 Å². The predicted octanol–water partition coefficient (Wildman–Crippen LogP) is 4.64. The molecule has 3 rings (SSSR count). The molecule has 0 heterocycles. The maximum Gasteiger partial charge on any atom is 0.157 e. The summed E-state index contributed by atoms with van der Waals surface area (Å²) in [6.07, 6.45) is 2.81. The standard InChI is InChI=1S/C21H26O4/c1-13-10-20(2,3)12-21(11-13,14-4-6-16(22)18(24)8-14)15-5-7-17(23)19(25)9-15/h4-9,13,22-25H,10-12H2,1-3H3. The molecule has 0 spiro atoms. The number of benzene rings is 2. The molecule has 2 aromatic rings. The lowest BCUT2D eigenvalue weighted by molar-refractivity contribution is 0.126. The lowest BCUT2D eigenvalue weighted by Crippen LogP contribution is -2.41. The van der Waals surface area contributed by atoms with E-state index in [9.17, 15) is 20.4 Å². The van der Waals surface area contributed by atoms with Gasteiger partial charge in [0, 0.05) is 5.41 Å². The van der Waals surface area contributed by atoms with Crippen LogP contribution in [-0.2, 0) is 5.41 Å². The molecule has 4 N–H and O–H groups in total. The van der Waals surface area contributed by atoms with Gasteiger partial charge in [0.2, 0.25) is 0 Å². The van der Waals surface area contributed by atoms with Gasteiger partial charge in [-0.25, -0.2) is 0 Å². The average Bonchev–Trinajstić information content (AvgIpc) is 2.50. The Morgan fingerprint density at radius 2 is 1.24 bits per heavy atom. The van der Waals surface area contributed by atoms with Crippen molar-refractivity contribution in [3.05, 3.63) is 47.5 Å². The summed E-state index contributed by atoms with van der Waals surface area (Å²) in [6.45, 7) is 6.69. The molecular weight excluding hydrogens is 316 g/mol. The fourth-order valence-electron chi connectivity index (χ4n) is 4.82. The second kappa shape index (κ2) is 5.87. The van der Waals surface area contributed by atoms with Crippen molar-refractivity contribution in [2.24, 2.45) is 11.3 Å². The summed E-state index contributed by atoms with van der Waals surface area (Å²) in [5, 5.41) is 39.5. The molecule has 1 aliphatic carbocycles. The van der Waals surface area contributed by atoms with Gasteiger partial charge in [0.15, 0.2) is 23.0 Å². The molecule has 1 unspecified atom stereocenters. The highest BCUT2D eigenvalue weighted by Crippen LogP contribution is 2.54. The number of phenolic OH excluding ortho intramolecular Hbond substituents is 4. The minimum absolute atomic E-state index is 0.0820. The zero-order valence-electron chi connectivity index (χ0n) is 15.0. The molecule has 134 valence electrons. The molecule has 2 aromatic carbocycles. The van der Waals surface area contributed by atoms with Gasteiger partial charge in [0.05, 0.1) is 0 Å². The SMILES string of the molecule is CC1CC(C)(C)CC(c2ccc(O)c(O)c2)(c2ccc(O)c(O)c2)C1. The Bertz CT molecular complexity index is 743. The molecular formula is C21H26O4. The van der Waals surface area contributed by atoms with Crippen molar-refractivity contribution in [3.63, 3.8) is 0 Å². The van der Waals surface area contributed by atoms with E-state index in [-0.39, 0.29) is 28.4 Å². The molecule has 1 atom stereocenters. The van der Waals surface area contributed by atoms with Crippen molar-refractivity contribution in [3.8, 4) is 23.0 Å². The molecule has 1 aliphatic rings. The Kier molecular flexibility index (Phi) is 4.10. The van der Waals surface area contributed by atoms with Gasteiger partial charge < -0.3 is 20.4 Å². The van der Waals surface area contributed by atoms with Crippen molar-refractivity contribution in [2.75, 3.05) is 0 Å². The van der Waals surface area contributed by atoms with Crippen LogP contribution < -0.4 is 0 Å². The lowest BCUT2D eigenvalue weighted by Gasteiger charge is -2.48. The average molecular weight is 342 g/mol. The molecule has 0 bridgehead atoms. The first-order valence-corrected chi connectivity index (χ1v) is 8.68. The van der Waals surface area contributed by atoms with Crippen LogP contribution in [0.5, 0.6) is 23.0 Å². The van der Waals surface area contributed by atoms with Crippen molar-refractivity contribution >= 4 is 0 Å². The molecule has 25 heavy (non-hydrogen) atoms. The van der Waals surface area contributed by atoms with Gasteiger partial charge in [-0.3, -0.25) is 0 Å². The maximum atomic E-state index is 10.0. The van der Waals surface area contributed by atoms with E-state index in [0.29, 0.717) is 5.92 Å². The Morgan fingerprint density at radius 1 is 0.760 bits per heavy atom. The van der Waals surface area contributed by atoms with Crippen LogP contribution >= 0.6 is 0 Å². The van der Waals surface area contributed by atoms with Crippen LogP contribution in [-0.4, -0.2) is 20.4 Å². The summed E-state index contributed by atoms with van der Waals surface area (Å²) in [4.78, 5) is 0. The Hall–Kier alpha value is -2.36. The minimum Gasteiger partial charge on any atom is -0.504 e. The highest BCUT2D eigenvalue weighted by Gasteiger charge is 2.45. The predicted molar refractivity (Wildman–Crippen MR) is 97.1 cm³/mol. The van der Waals surface area contributed by atoms with Crippen LogP contribution in [0, 0.1) is 11.3 Å². The number of aromatic hydroxyl groups is 4. The largest absolute Gasteiger partial charge is 0.504 e. The monoisotopic (exact) mass is 342 g/mol. The van der Waals surface area contributed by atoms with E-state index in [1.54, 1.807) is 12.1 Å². The van der Waals surface area contributed by atoms with E-state index >= 15 is 0 Å². The number of rotatable bonds is 2. The zero-order valence-corrected chi connectivity index (χ0v) is 15.0. The Morgan fingerprint density at radius 3 is 1.64 bits per heavy atom. The second-order valence-electron chi connectivity index (χ2n) is 8.34. The van der Waals surface area contributed by atoms with Gasteiger partial charge in [-0.2, -0.15) is 0 Å². The summed E-state index contributed by atoms with van der Waals surface area (Å²) in [7, 11) is 0. The highest BCUT2D eigenvalue weighted by molar-refractivity contribution is 5.51. The molecule has 0 aromatic heterocycles. The summed E-state index contributed by atoms with van der Waals surface area (Å²) in [6, 6.07) is 9.94. The third kappa shape index (κ3) is 3.13. The topological polar surface area (TPSA) is 80.9 Å². The van der Waals surface area contributed by atoms with E-state index in [1.165, 1.54) is 12.1 Å². The first-order chi connectivity index (χ1) is 11.6. The number of hydrogen-bond donors (Lipinski definition) is 4. The van der Waals surface area contributed by atoms with E-state index < -0.39 is 5.41 Å². The molecule has 0 aliphatic heterocycles. The fraction of sp³-hybridized carbons (Fsp3) is 0.429. The molecule has 1 saturated carbocycles. The van der Waals surface area contributed by atoms with Crippen molar-refractivity contribution in [1.29, 1.82) is 0 Å². The van der Waals surface area contributed by atoms with Crippen LogP contribution in [0.4, 0.5) is 0 Å². The summed E-state index contributed by atoms with van der Waals surface area (Å²) < 4.78 is 0. The third-order valence-corrected chi connectivity index (χ3v) is 5.43. The summed E-state index contributed by atoms with van der Waals surface area (Å²) >= 11 is 0. The van der Waals surface area contributed by atoms with E-state index in [1.807, 2.05) is 12.1 Å². The summed E-state index contributed by atoms with van der Waals surface area (Å²) in [5.74, 6) is -0.117. The van der Waals surface area contributed by atoms with E-state index in [4.69, 9.17) is 0 Å². The smallest absolute Gasteiger partial charge is 0.157 e. The van der Waals surface area contributed by atoms with Gasteiger partial charge >= 0.3 is 0 Å². The Balaban J connectivity index is 2.23. The van der Waals surface area contributed by atoms with Gasteiger partial charge in [0.1, 0.15) is 0 Å². The zero-order chi connectivity index (χ0) is 18.4. The van der Waals surface area contributed by atoms with Crippen LogP contribution in [0.2, 0.25) is 0 Å². The Labute approximate surface area is 148 Å². The van der Waals surface area contributed by atoms with Crippen LogP contribution in [0.15, 0.2) is 36.4 Å². The molecule has 1 fully saturated rings. The third-order valence-electron chi connectivity index (χ3n) is 5.43. The fourth-order valence-corrected chi connectivity index (χ4v) is 4.82. The van der Waals surface area contributed by atoms with E-state index in [2.05, 4.69) is 20.8 Å². The number of hydrogen-bond acceptors (Lipinski definition) is 4. The van der Waals surface area contributed by atoms with Crippen LogP contribution in [0.25, 0.3) is 0 Å². The number of phenols is 4. The van der Waals surface area contributed by atoms with Gasteiger partial charge in [-0.1, -0.05) is 32.9 Å². The quantitative estimate of drug-likeness (QED) is 0.599. The second-order valence-corrected chi connectivity index (χ2v) is 8.34. The maximum absolute atomic E-state index is 10.0. The van der Waals surface area contributed by atoms with Crippen molar-refractivity contribution < 1.29 is 20.4 Å². The lowest BCUT2D eigenvalue weighted by atomic mass is 9.55. The van der Waals surface area contributed by atoms with Gasteiger partial charge in [-0.05, 0) is 66.0 Å². The molecule has 0 radical (unpaired) electrons. The molecule has 4 heteroatoms. The first-order valence-electron chi connectivity index (χ1n) is 8.68. The van der Waals surface area contributed by atoms with Crippen LogP contribution in [0.1, 0.15) is 51.2 Å². The summed E-state index contributed by atoms with van der Waals surface area (Å²) in [5.41, 5.74) is 1.50. The van der Waals surface area contributed by atoms with Crippen molar-refractivity contribution in [1.82, 2.24) is 0 Å². The normalized spacial score (nSPS) is 21.8.